The van der Waals surface area contributed by atoms with E-state index in [0.717, 1.165) is 22.5 Å². The Morgan fingerprint density at radius 3 is 2.63 bits per heavy atom. The van der Waals surface area contributed by atoms with Gasteiger partial charge in [-0.2, -0.15) is 0 Å². The standard InChI is InChI=1S/C15H12N2O.ClH/c1-10-5-4-8-13(16-10)14-9-11-6-2-3-7-12(11)15(18)17-14;/h2-9H,1H3,(H,17,18);1H. The Bertz CT molecular complexity index is 780. The molecule has 19 heavy (non-hydrogen) atoms. The number of aryl methyl sites for hydroxylation is 1. The zero-order chi connectivity index (χ0) is 12.5. The van der Waals surface area contributed by atoms with Crippen molar-refractivity contribution in [3.8, 4) is 11.4 Å². The molecule has 0 amide bonds. The minimum atomic E-state index is -0.0774. The Kier molecular flexibility index (Phi) is 3.67. The summed E-state index contributed by atoms with van der Waals surface area (Å²) < 4.78 is 0. The average molecular weight is 273 g/mol. The van der Waals surface area contributed by atoms with Crippen molar-refractivity contribution in [2.45, 2.75) is 6.92 Å². The number of H-pyrrole nitrogens is 1. The van der Waals surface area contributed by atoms with E-state index in [1.807, 2.05) is 55.5 Å². The van der Waals surface area contributed by atoms with E-state index in [9.17, 15) is 4.79 Å². The molecular formula is C15H13ClN2O. The maximum Gasteiger partial charge on any atom is 0.256 e. The minimum absolute atomic E-state index is 0. The molecule has 96 valence electrons. The highest BCUT2D eigenvalue weighted by atomic mass is 35.5. The SMILES string of the molecule is Cc1cccc(-c2cc3ccccc3c(=O)[nH]2)n1.Cl. The van der Waals surface area contributed by atoms with Crippen LogP contribution in [0.25, 0.3) is 22.2 Å². The van der Waals surface area contributed by atoms with Gasteiger partial charge in [0.1, 0.15) is 0 Å². The van der Waals surface area contributed by atoms with Crippen LogP contribution in [0.3, 0.4) is 0 Å². The number of benzene rings is 1. The molecule has 0 unspecified atom stereocenters. The van der Waals surface area contributed by atoms with Gasteiger partial charge in [-0.05, 0) is 36.6 Å². The molecule has 0 saturated carbocycles. The topological polar surface area (TPSA) is 45.8 Å². The van der Waals surface area contributed by atoms with E-state index in [1.165, 1.54) is 0 Å². The fourth-order valence-corrected chi connectivity index (χ4v) is 2.04. The molecule has 0 radical (unpaired) electrons. The lowest BCUT2D eigenvalue weighted by atomic mass is 10.1. The molecule has 0 atom stereocenters. The van der Waals surface area contributed by atoms with Crippen molar-refractivity contribution in [3.05, 3.63) is 64.6 Å². The number of aromatic amines is 1. The Balaban J connectivity index is 0.00000133. The van der Waals surface area contributed by atoms with Gasteiger partial charge < -0.3 is 4.98 Å². The third-order valence-electron chi connectivity index (χ3n) is 2.92. The minimum Gasteiger partial charge on any atom is -0.320 e. The highest BCUT2D eigenvalue weighted by molar-refractivity contribution is 5.85. The van der Waals surface area contributed by atoms with E-state index in [0.29, 0.717) is 5.39 Å². The highest BCUT2D eigenvalue weighted by Crippen LogP contribution is 2.18. The lowest BCUT2D eigenvalue weighted by Crippen LogP contribution is -2.07. The van der Waals surface area contributed by atoms with Crippen LogP contribution in [0.15, 0.2) is 53.3 Å². The molecule has 0 aliphatic rings. The summed E-state index contributed by atoms with van der Waals surface area (Å²) in [5, 5.41) is 1.63. The van der Waals surface area contributed by atoms with Crippen LogP contribution in [0.1, 0.15) is 5.69 Å². The summed E-state index contributed by atoms with van der Waals surface area (Å²) in [6.07, 6.45) is 0. The molecule has 0 saturated heterocycles. The molecule has 3 nitrogen and oxygen atoms in total. The molecular weight excluding hydrogens is 260 g/mol. The lowest BCUT2D eigenvalue weighted by molar-refractivity contribution is 1.17. The van der Waals surface area contributed by atoms with Crippen LogP contribution in [0.5, 0.6) is 0 Å². The van der Waals surface area contributed by atoms with E-state index >= 15 is 0 Å². The van der Waals surface area contributed by atoms with Crippen LogP contribution in [0, 0.1) is 6.92 Å². The first-order valence-electron chi connectivity index (χ1n) is 5.80. The van der Waals surface area contributed by atoms with Gasteiger partial charge in [0.05, 0.1) is 11.4 Å². The van der Waals surface area contributed by atoms with Gasteiger partial charge in [-0.1, -0.05) is 24.3 Å². The van der Waals surface area contributed by atoms with Crippen molar-refractivity contribution in [2.75, 3.05) is 0 Å². The number of fused-ring (bicyclic) bond motifs is 1. The van der Waals surface area contributed by atoms with E-state index < -0.39 is 0 Å². The largest absolute Gasteiger partial charge is 0.320 e. The molecule has 3 aromatic rings. The van der Waals surface area contributed by atoms with E-state index in [-0.39, 0.29) is 18.0 Å². The highest BCUT2D eigenvalue weighted by Gasteiger charge is 2.04. The smallest absolute Gasteiger partial charge is 0.256 e. The zero-order valence-corrected chi connectivity index (χ0v) is 11.2. The normalized spacial score (nSPS) is 10.2. The second kappa shape index (κ2) is 5.24. The van der Waals surface area contributed by atoms with Gasteiger partial charge >= 0.3 is 0 Å². The monoisotopic (exact) mass is 272 g/mol. The Morgan fingerprint density at radius 1 is 1.05 bits per heavy atom. The van der Waals surface area contributed by atoms with Crippen molar-refractivity contribution < 1.29 is 0 Å². The van der Waals surface area contributed by atoms with Gasteiger partial charge in [0.15, 0.2) is 0 Å². The van der Waals surface area contributed by atoms with Crippen molar-refractivity contribution >= 4 is 23.2 Å². The number of hydrogen-bond donors (Lipinski definition) is 1. The molecule has 1 N–H and O–H groups in total. The Labute approximate surface area is 116 Å². The first kappa shape index (κ1) is 13.3. The van der Waals surface area contributed by atoms with E-state index in [4.69, 9.17) is 0 Å². The fourth-order valence-electron chi connectivity index (χ4n) is 2.04. The van der Waals surface area contributed by atoms with Crippen LogP contribution in [-0.4, -0.2) is 9.97 Å². The second-order valence-corrected chi connectivity index (χ2v) is 4.26. The fraction of sp³-hybridized carbons (Fsp3) is 0.0667. The third kappa shape index (κ3) is 2.51. The summed E-state index contributed by atoms with van der Waals surface area (Å²) in [5.41, 5.74) is 2.40. The van der Waals surface area contributed by atoms with Crippen molar-refractivity contribution in [2.24, 2.45) is 0 Å². The van der Waals surface area contributed by atoms with Gasteiger partial charge in [0.2, 0.25) is 0 Å². The molecule has 0 aliphatic carbocycles. The first-order chi connectivity index (χ1) is 8.74. The predicted octanol–water partition coefficient (Wildman–Crippen LogP) is 3.32. The maximum atomic E-state index is 12.0. The molecule has 0 fully saturated rings. The predicted molar refractivity (Wildman–Crippen MR) is 79.8 cm³/mol. The lowest BCUT2D eigenvalue weighted by Gasteiger charge is -2.04. The molecule has 0 aliphatic heterocycles. The number of halogens is 1. The summed E-state index contributed by atoms with van der Waals surface area (Å²) in [6, 6.07) is 15.3. The van der Waals surface area contributed by atoms with Gasteiger partial charge in [-0.15, -0.1) is 12.4 Å². The quantitative estimate of drug-likeness (QED) is 0.739. The first-order valence-corrected chi connectivity index (χ1v) is 5.80. The molecule has 2 aromatic heterocycles. The molecule has 1 aromatic carbocycles. The Hall–Kier alpha value is -2.13. The van der Waals surface area contributed by atoms with Crippen LogP contribution >= 0.6 is 12.4 Å². The van der Waals surface area contributed by atoms with Crippen molar-refractivity contribution in [1.82, 2.24) is 9.97 Å². The van der Waals surface area contributed by atoms with Crippen LogP contribution in [0.2, 0.25) is 0 Å². The molecule has 3 rings (SSSR count). The summed E-state index contributed by atoms with van der Waals surface area (Å²) in [4.78, 5) is 19.3. The number of aromatic nitrogens is 2. The summed E-state index contributed by atoms with van der Waals surface area (Å²) in [5.74, 6) is 0. The molecule has 4 heteroatoms. The average Bonchev–Trinajstić information content (AvgIpc) is 2.39. The Morgan fingerprint density at radius 2 is 1.84 bits per heavy atom. The van der Waals surface area contributed by atoms with Gasteiger partial charge in [-0.3, -0.25) is 9.78 Å². The van der Waals surface area contributed by atoms with Crippen molar-refractivity contribution in [3.63, 3.8) is 0 Å². The van der Waals surface area contributed by atoms with Crippen LogP contribution < -0.4 is 5.56 Å². The van der Waals surface area contributed by atoms with Gasteiger partial charge in [0, 0.05) is 11.1 Å². The number of pyridine rings is 2. The summed E-state index contributed by atoms with van der Waals surface area (Å²) in [7, 11) is 0. The number of rotatable bonds is 1. The van der Waals surface area contributed by atoms with Crippen LogP contribution in [0.4, 0.5) is 0 Å². The summed E-state index contributed by atoms with van der Waals surface area (Å²) >= 11 is 0. The zero-order valence-electron chi connectivity index (χ0n) is 10.4. The van der Waals surface area contributed by atoms with Crippen molar-refractivity contribution in [1.29, 1.82) is 0 Å². The molecule has 0 bridgehead atoms. The number of hydrogen-bond acceptors (Lipinski definition) is 2. The molecule has 2 heterocycles. The third-order valence-corrected chi connectivity index (χ3v) is 2.92. The number of nitrogens with one attached hydrogen (secondary N) is 1. The van der Waals surface area contributed by atoms with Gasteiger partial charge in [0.25, 0.3) is 5.56 Å². The maximum absolute atomic E-state index is 12.0. The van der Waals surface area contributed by atoms with Crippen LogP contribution in [-0.2, 0) is 0 Å². The number of nitrogens with zero attached hydrogens (tertiary/aromatic N) is 1. The van der Waals surface area contributed by atoms with Gasteiger partial charge in [-0.25, -0.2) is 0 Å². The van der Waals surface area contributed by atoms with E-state index in [1.54, 1.807) is 0 Å². The molecule has 0 spiro atoms. The van der Waals surface area contributed by atoms with E-state index in [2.05, 4.69) is 9.97 Å². The second-order valence-electron chi connectivity index (χ2n) is 4.26. The summed E-state index contributed by atoms with van der Waals surface area (Å²) in [6.45, 7) is 1.93.